The number of nitrogens with two attached hydrogens (primary N) is 1. The Balaban J connectivity index is 1.69. The Morgan fingerprint density at radius 3 is 2.92 bits per heavy atom. The largest absolute Gasteiger partial charge is 0.396 e. The summed E-state index contributed by atoms with van der Waals surface area (Å²) < 4.78 is 6.68. The van der Waals surface area contributed by atoms with Gasteiger partial charge in [-0.1, -0.05) is 38.0 Å². The summed E-state index contributed by atoms with van der Waals surface area (Å²) in [7, 11) is 0. The number of benzene rings is 1. The second-order valence-corrected chi connectivity index (χ2v) is 8.46. The normalized spacial score (nSPS) is 26.7. The molecule has 1 aromatic carbocycles. The zero-order valence-electron chi connectivity index (χ0n) is 16.5. The lowest BCUT2D eigenvalue weighted by atomic mass is 9.75. The first-order chi connectivity index (χ1) is 12.7. The van der Waals surface area contributed by atoms with Crippen LogP contribution < -0.4 is 5.73 Å². The maximum atomic E-state index is 9.11. The molecule has 1 fully saturated rings. The van der Waals surface area contributed by atoms with E-state index in [4.69, 9.17) is 15.6 Å². The summed E-state index contributed by atoms with van der Waals surface area (Å²) in [5.41, 5.74) is 10.4. The van der Waals surface area contributed by atoms with Gasteiger partial charge in [0.1, 0.15) is 0 Å². The summed E-state index contributed by atoms with van der Waals surface area (Å²) in [6, 6.07) is 6.98. The highest BCUT2D eigenvalue weighted by Gasteiger charge is 2.39. The third-order valence-corrected chi connectivity index (χ3v) is 6.51. The number of unbranched alkanes of at least 4 members (excludes halogenated alkanes) is 1. The van der Waals surface area contributed by atoms with Crippen LogP contribution >= 0.6 is 0 Å². The van der Waals surface area contributed by atoms with Crippen LogP contribution in [0.2, 0.25) is 0 Å². The SMILES string of the molecule is CCCCC1CCCC2(CCc3cc([C@H](CN)CCCO)ccc3C2)O1. The van der Waals surface area contributed by atoms with Crippen LogP contribution in [0.25, 0.3) is 0 Å². The molecular weight excluding hydrogens is 322 g/mol. The maximum absolute atomic E-state index is 9.11. The molecule has 0 bridgehead atoms. The lowest BCUT2D eigenvalue weighted by Crippen LogP contribution is -2.45. The van der Waals surface area contributed by atoms with E-state index >= 15 is 0 Å². The lowest BCUT2D eigenvalue weighted by molar-refractivity contribution is -0.137. The van der Waals surface area contributed by atoms with Crippen molar-refractivity contribution in [2.75, 3.05) is 13.2 Å². The zero-order valence-corrected chi connectivity index (χ0v) is 16.5. The van der Waals surface area contributed by atoms with Gasteiger partial charge in [0.25, 0.3) is 0 Å². The Morgan fingerprint density at radius 1 is 1.27 bits per heavy atom. The van der Waals surface area contributed by atoms with E-state index in [-0.39, 0.29) is 12.2 Å². The monoisotopic (exact) mass is 359 g/mol. The van der Waals surface area contributed by atoms with Gasteiger partial charge in [-0.05, 0) is 80.5 Å². The van der Waals surface area contributed by atoms with Gasteiger partial charge in [-0.2, -0.15) is 0 Å². The minimum atomic E-state index is 0.0926. The van der Waals surface area contributed by atoms with E-state index in [0.29, 0.717) is 18.6 Å². The molecule has 3 heteroatoms. The molecule has 0 aromatic heterocycles. The van der Waals surface area contributed by atoms with E-state index in [1.54, 1.807) is 0 Å². The molecule has 0 saturated carbocycles. The molecule has 26 heavy (non-hydrogen) atoms. The summed E-state index contributed by atoms with van der Waals surface area (Å²) >= 11 is 0. The second kappa shape index (κ2) is 9.34. The van der Waals surface area contributed by atoms with Crippen LogP contribution in [-0.2, 0) is 17.6 Å². The minimum absolute atomic E-state index is 0.0926. The second-order valence-electron chi connectivity index (χ2n) is 8.46. The molecule has 146 valence electrons. The van der Waals surface area contributed by atoms with Crippen molar-refractivity contribution < 1.29 is 9.84 Å². The summed E-state index contributed by atoms with van der Waals surface area (Å²) in [5, 5.41) is 9.11. The predicted octanol–water partition coefficient (Wildman–Crippen LogP) is 4.49. The van der Waals surface area contributed by atoms with Crippen molar-refractivity contribution >= 4 is 0 Å². The van der Waals surface area contributed by atoms with Gasteiger partial charge in [-0.15, -0.1) is 0 Å². The Kier molecular flexibility index (Phi) is 7.13. The number of hydrogen-bond acceptors (Lipinski definition) is 3. The number of aliphatic hydroxyl groups excluding tert-OH is 1. The van der Waals surface area contributed by atoms with Crippen molar-refractivity contribution in [2.45, 2.75) is 95.2 Å². The number of aryl methyl sites for hydroxylation is 1. The fourth-order valence-corrected chi connectivity index (χ4v) is 4.93. The molecule has 2 unspecified atom stereocenters. The molecule has 3 N–H and O–H groups in total. The van der Waals surface area contributed by atoms with Crippen LogP contribution in [0.15, 0.2) is 18.2 Å². The molecular formula is C23H37NO2. The summed E-state index contributed by atoms with van der Waals surface area (Å²) in [6.07, 6.45) is 13.2. The quantitative estimate of drug-likeness (QED) is 0.719. The Hall–Kier alpha value is -0.900. The highest BCUT2D eigenvalue weighted by Crippen LogP contribution is 2.41. The molecule has 1 aliphatic carbocycles. The molecule has 0 amide bonds. The van der Waals surface area contributed by atoms with Gasteiger partial charge in [0.05, 0.1) is 11.7 Å². The Bertz CT molecular complexity index is 573. The highest BCUT2D eigenvalue weighted by molar-refractivity contribution is 5.37. The molecule has 2 aliphatic rings. The van der Waals surface area contributed by atoms with E-state index in [1.165, 1.54) is 55.2 Å². The van der Waals surface area contributed by atoms with E-state index in [0.717, 1.165) is 32.1 Å². The van der Waals surface area contributed by atoms with Gasteiger partial charge in [0.2, 0.25) is 0 Å². The third-order valence-electron chi connectivity index (χ3n) is 6.51. The fourth-order valence-electron chi connectivity index (χ4n) is 4.93. The summed E-state index contributed by atoms with van der Waals surface area (Å²) in [6.45, 7) is 3.17. The third kappa shape index (κ3) is 4.68. The van der Waals surface area contributed by atoms with Crippen molar-refractivity contribution in [3.05, 3.63) is 34.9 Å². The molecule has 1 heterocycles. The molecule has 1 spiro atoms. The summed E-state index contributed by atoms with van der Waals surface area (Å²) in [5.74, 6) is 0.368. The number of ether oxygens (including phenoxy) is 1. The van der Waals surface area contributed by atoms with Crippen LogP contribution in [0.4, 0.5) is 0 Å². The van der Waals surface area contributed by atoms with Gasteiger partial charge >= 0.3 is 0 Å². The topological polar surface area (TPSA) is 55.5 Å². The minimum Gasteiger partial charge on any atom is -0.396 e. The highest BCUT2D eigenvalue weighted by atomic mass is 16.5. The van der Waals surface area contributed by atoms with E-state index < -0.39 is 0 Å². The number of fused-ring (bicyclic) bond motifs is 1. The van der Waals surface area contributed by atoms with Crippen molar-refractivity contribution in [3.8, 4) is 0 Å². The Morgan fingerprint density at radius 2 is 2.15 bits per heavy atom. The van der Waals surface area contributed by atoms with Crippen LogP contribution in [0.1, 0.15) is 87.3 Å². The van der Waals surface area contributed by atoms with Crippen molar-refractivity contribution in [1.29, 1.82) is 0 Å². The van der Waals surface area contributed by atoms with E-state index in [2.05, 4.69) is 25.1 Å². The van der Waals surface area contributed by atoms with Crippen LogP contribution in [0, 0.1) is 0 Å². The first-order valence-electron chi connectivity index (χ1n) is 10.8. The number of hydrogen-bond donors (Lipinski definition) is 2. The standard InChI is InChI=1S/C23H37NO2/c1-2-3-7-22-8-4-12-23(26-22)13-11-19-15-18(9-10-20(19)16-23)21(17-24)6-5-14-25/h9-10,15,21-22,25H,2-8,11-14,16-17,24H2,1H3/t21-,22?,23?/m0/s1. The average Bonchev–Trinajstić information content (AvgIpc) is 2.67. The van der Waals surface area contributed by atoms with Crippen LogP contribution in [0.5, 0.6) is 0 Å². The first kappa shape index (κ1) is 19.9. The van der Waals surface area contributed by atoms with Crippen molar-refractivity contribution in [3.63, 3.8) is 0 Å². The van der Waals surface area contributed by atoms with Crippen LogP contribution in [-0.4, -0.2) is 30.0 Å². The van der Waals surface area contributed by atoms with Crippen molar-refractivity contribution in [2.24, 2.45) is 5.73 Å². The number of aliphatic hydroxyl groups is 1. The van der Waals surface area contributed by atoms with Gasteiger partial charge in [0, 0.05) is 13.0 Å². The van der Waals surface area contributed by atoms with Crippen molar-refractivity contribution in [1.82, 2.24) is 0 Å². The molecule has 3 atom stereocenters. The fraction of sp³-hybridized carbons (Fsp3) is 0.739. The smallest absolute Gasteiger partial charge is 0.0729 e. The molecule has 1 aromatic rings. The van der Waals surface area contributed by atoms with Gasteiger partial charge in [-0.25, -0.2) is 0 Å². The predicted molar refractivity (Wildman–Crippen MR) is 108 cm³/mol. The summed E-state index contributed by atoms with van der Waals surface area (Å²) in [4.78, 5) is 0. The van der Waals surface area contributed by atoms with E-state index in [1.807, 2.05) is 0 Å². The number of rotatable bonds is 8. The molecule has 3 rings (SSSR count). The lowest BCUT2D eigenvalue weighted by Gasteiger charge is -2.44. The van der Waals surface area contributed by atoms with Crippen LogP contribution in [0.3, 0.4) is 0 Å². The maximum Gasteiger partial charge on any atom is 0.0729 e. The molecule has 1 aliphatic heterocycles. The van der Waals surface area contributed by atoms with Gasteiger partial charge in [0.15, 0.2) is 0 Å². The molecule has 3 nitrogen and oxygen atoms in total. The van der Waals surface area contributed by atoms with Gasteiger partial charge < -0.3 is 15.6 Å². The molecule has 0 radical (unpaired) electrons. The van der Waals surface area contributed by atoms with Gasteiger partial charge in [-0.3, -0.25) is 0 Å². The van der Waals surface area contributed by atoms with E-state index in [9.17, 15) is 0 Å². The average molecular weight is 360 g/mol. The molecule has 1 saturated heterocycles. The Labute approximate surface area is 159 Å². The first-order valence-corrected chi connectivity index (χ1v) is 10.8. The zero-order chi connectivity index (χ0) is 18.4.